The Hall–Kier alpha value is -2.59. The zero-order chi connectivity index (χ0) is 16.6. The van der Waals surface area contributed by atoms with Gasteiger partial charge in [0.05, 0.1) is 25.2 Å². The Labute approximate surface area is 134 Å². The number of phenols is 1. The zero-order valence-electron chi connectivity index (χ0n) is 13.5. The molecule has 23 heavy (non-hydrogen) atoms. The number of aromatic hydroxyl groups is 1. The summed E-state index contributed by atoms with van der Waals surface area (Å²) in [7, 11) is 3.98. The van der Waals surface area contributed by atoms with Crippen molar-refractivity contribution >= 4 is 11.0 Å². The lowest BCUT2D eigenvalue weighted by Crippen LogP contribution is -3.04. The molecule has 4 nitrogen and oxygen atoms in total. The average Bonchev–Trinajstić information content (AvgIpc) is 2.51. The second kappa shape index (κ2) is 5.89. The summed E-state index contributed by atoms with van der Waals surface area (Å²) in [6.45, 7) is 2.50. The first kappa shape index (κ1) is 15.3. The minimum absolute atomic E-state index is 0.161. The first-order valence-electron chi connectivity index (χ1n) is 7.61. The number of rotatable bonds is 3. The van der Waals surface area contributed by atoms with Crippen LogP contribution in [0.5, 0.6) is 5.75 Å². The van der Waals surface area contributed by atoms with Crippen LogP contribution >= 0.6 is 0 Å². The highest BCUT2D eigenvalue weighted by Gasteiger charge is 2.18. The van der Waals surface area contributed by atoms with E-state index in [0.29, 0.717) is 23.3 Å². The molecule has 0 amide bonds. The van der Waals surface area contributed by atoms with Gasteiger partial charge in [0.15, 0.2) is 5.58 Å². The number of fused-ring (bicyclic) bond motifs is 1. The van der Waals surface area contributed by atoms with Crippen LogP contribution in [0.4, 0.5) is 0 Å². The van der Waals surface area contributed by atoms with E-state index in [4.69, 9.17) is 4.42 Å². The van der Waals surface area contributed by atoms with Crippen LogP contribution < -0.4 is 10.5 Å². The fourth-order valence-corrected chi connectivity index (χ4v) is 2.92. The molecule has 2 aromatic carbocycles. The minimum Gasteiger partial charge on any atom is -0.507 e. The van der Waals surface area contributed by atoms with Crippen LogP contribution in [0.25, 0.3) is 22.1 Å². The van der Waals surface area contributed by atoms with Gasteiger partial charge in [-0.1, -0.05) is 30.3 Å². The quantitative estimate of drug-likeness (QED) is 0.729. The van der Waals surface area contributed by atoms with Gasteiger partial charge in [0.2, 0.25) is 0 Å². The van der Waals surface area contributed by atoms with Crippen LogP contribution in [0, 0.1) is 6.92 Å². The van der Waals surface area contributed by atoms with E-state index in [1.165, 1.54) is 0 Å². The first-order chi connectivity index (χ1) is 11.0. The lowest BCUT2D eigenvalue weighted by atomic mass is 9.98. The molecule has 1 aromatic heterocycles. The van der Waals surface area contributed by atoms with Crippen molar-refractivity contribution in [3.8, 4) is 16.9 Å². The second-order valence-electron chi connectivity index (χ2n) is 6.08. The van der Waals surface area contributed by atoms with Crippen LogP contribution in [0.2, 0.25) is 0 Å². The Morgan fingerprint density at radius 1 is 1.09 bits per heavy atom. The maximum Gasteiger partial charge on any atom is 0.344 e. The number of hydrogen-bond acceptors (Lipinski definition) is 3. The summed E-state index contributed by atoms with van der Waals surface area (Å²) in [5, 5.41) is 11.0. The van der Waals surface area contributed by atoms with E-state index < -0.39 is 0 Å². The smallest absolute Gasteiger partial charge is 0.344 e. The lowest BCUT2D eigenvalue weighted by Gasteiger charge is -2.13. The standard InChI is InChI=1S/C19H19NO3/c1-12-14-9-10-16(21)15(11-20(2)3)18(14)23-19(22)17(12)13-7-5-4-6-8-13/h4-10,21H,11H2,1-3H3/p+1. The summed E-state index contributed by atoms with van der Waals surface area (Å²) in [6, 6.07) is 13.0. The van der Waals surface area contributed by atoms with Crippen LogP contribution in [0.15, 0.2) is 51.7 Å². The Kier molecular flexibility index (Phi) is 3.92. The van der Waals surface area contributed by atoms with Gasteiger partial charge in [-0.25, -0.2) is 4.79 Å². The van der Waals surface area contributed by atoms with E-state index in [0.717, 1.165) is 21.4 Å². The molecule has 0 unspecified atom stereocenters. The van der Waals surface area contributed by atoms with Crippen LogP contribution in [-0.2, 0) is 6.54 Å². The van der Waals surface area contributed by atoms with Crippen molar-refractivity contribution in [3.63, 3.8) is 0 Å². The van der Waals surface area contributed by atoms with Gasteiger partial charge >= 0.3 is 5.63 Å². The van der Waals surface area contributed by atoms with Crippen LogP contribution in [0.3, 0.4) is 0 Å². The molecule has 0 saturated carbocycles. The molecule has 0 atom stereocenters. The molecule has 0 aliphatic rings. The normalized spacial score (nSPS) is 11.3. The van der Waals surface area contributed by atoms with E-state index in [9.17, 15) is 9.90 Å². The lowest BCUT2D eigenvalue weighted by molar-refractivity contribution is -0.872. The number of phenolic OH excluding ortho intramolecular Hbond substituents is 1. The van der Waals surface area contributed by atoms with Gasteiger partial charge in [-0.05, 0) is 30.2 Å². The molecule has 0 spiro atoms. The third-order valence-electron chi connectivity index (χ3n) is 4.01. The SMILES string of the molecule is Cc1c(-c2ccccc2)c(=O)oc2c(C[NH+](C)C)c(O)ccc12. The number of aryl methyl sites for hydroxylation is 1. The molecule has 0 radical (unpaired) electrons. The Morgan fingerprint density at radius 2 is 1.78 bits per heavy atom. The van der Waals surface area contributed by atoms with E-state index >= 15 is 0 Å². The van der Waals surface area contributed by atoms with Gasteiger partial charge in [-0.15, -0.1) is 0 Å². The molecule has 0 aliphatic heterocycles. The molecule has 4 heteroatoms. The summed E-state index contributed by atoms with van der Waals surface area (Å²) >= 11 is 0. The molecule has 0 bridgehead atoms. The third-order valence-corrected chi connectivity index (χ3v) is 4.01. The minimum atomic E-state index is -0.373. The summed E-state index contributed by atoms with van der Waals surface area (Å²) < 4.78 is 5.61. The molecular weight excluding hydrogens is 290 g/mol. The molecule has 118 valence electrons. The largest absolute Gasteiger partial charge is 0.507 e. The maximum absolute atomic E-state index is 12.5. The van der Waals surface area contributed by atoms with Gasteiger partial charge in [-0.3, -0.25) is 0 Å². The van der Waals surface area contributed by atoms with Crippen molar-refractivity contribution in [1.29, 1.82) is 0 Å². The maximum atomic E-state index is 12.5. The van der Waals surface area contributed by atoms with Crippen molar-refractivity contribution in [1.82, 2.24) is 0 Å². The first-order valence-corrected chi connectivity index (χ1v) is 7.61. The fraction of sp³-hybridized carbons (Fsp3) is 0.211. The van der Waals surface area contributed by atoms with Gasteiger partial charge in [0.25, 0.3) is 0 Å². The van der Waals surface area contributed by atoms with E-state index in [2.05, 4.69) is 0 Å². The topological polar surface area (TPSA) is 54.9 Å². The second-order valence-corrected chi connectivity index (χ2v) is 6.08. The molecule has 3 aromatic rings. The molecule has 3 rings (SSSR count). The molecular formula is C19H20NO3+. The average molecular weight is 310 g/mol. The Morgan fingerprint density at radius 3 is 2.43 bits per heavy atom. The monoisotopic (exact) mass is 310 g/mol. The van der Waals surface area contributed by atoms with Gasteiger partial charge in [0, 0.05) is 5.39 Å². The van der Waals surface area contributed by atoms with E-state index in [-0.39, 0.29) is 11.4 Å². The summed E-state index contributed by atoms with van der Waals surface area (Å²) in [4.78, 5) is 13.7. The predicted octanol–water partition coefficient (Wildman–Crippen LogP) is 2.12. The Balaban J connectivity index is 2.33. The summed E-state index contributed by atoms with van der Waals surface area (Å²) in [6.07, 6.45) is 0. The molecule has 0 aliphatic carbocycles. The van der Waals surface area contributed by atoms with Crippen molar-refractivity contribution in [2.75, 3.05) is 14.1 Å². The highest BCUT2D eigenvalue weighted by molar-refractivity contribution is 5.89. The number of quaternary nitrogens is 1. The number of nitrogens with one attached hydrogen (secondary N) is 1. The summed E-state index contributed by atoms with van der Waals surface area (Å²) in [5.74, 6) is 0.161. The van der Waals surface area contributed by atoms with Crippen LogP contribution in [-0.4, -0.2) is 19.2 Å². The third kappa shape index (κ3) is 2.73. The van der Waals surface area contributed by atoms with Gasteiger partial charge in [-0.2, -0.15) is 0 Å². The Bertz CT molecular complexity index is 911. The van der Waals surface area contributed by atoms with Gasteiger partial charge in [0.1, 0.15) is 12.3 Å². The molecule has 2 N–H and O–H groups in total. The van der Waals surface area contributed by atoms with Crippen molar-refractivity contribution in [3.05, 3.63) is 64.0 Å². The summed E-state index contributed by atoms with van der Waals surface area (Å²) in [5.41, 5.74) is 3.07. The highest BCUT2D eigenvalue weighted by atomic mass is 16.4. The molecule has 0 fully saturated rings. The van der Waals surface area contributed by atoms with Crippen molar-refractivity contribution in [2.24, 2.45) is 0 Å². The van der Waals surface area contributed by atoms with Crippen molar-refractivity contribution in [2.45, 2.75) is 13.5 Å². The van der Waals surface area contributed by atoms with E-state index in [1.54, 1.807) is 6.07 Å². The van der Waals surface area contributed by atoms with E-state index in [1.807, 2.05) is 57.4 Å². The fourth-order valence-electron chi connectivity index (χ4n) is 2.92. The van der Waals surface area contributed by atoms with Gasteiger partial charge < -0.3 is 14.4 Å². The molecule has 1 heterocycles. The number of benzene rings is 2. The number of hydrogen-bond donors (Lipinski definition) is 2. The zero-order valence-corrected chi connectivity index (χ0v) is 13.5. The van der Waals surface area contributed by atoms with Crippen LogP contribution in [0.1, 0.15) is 11.1 Å². The van der Waals surface area contributed by atoms with Crippen molar-refractivity contribution < 1.29 is 14.4 Å². The predicted molar refractivity (Wildman–Crippen MR) is 90.8 cm³/mol. The molecule has 0 saturated heterocycles. The highest BCUT2D eigenvalue weighted by Crippen LogP contribution is 2.31.